The Bertz CT molecular complexity index is 554. The number of rotatable bonds is 5. The van der Waals surface area contributed by atoms with Crippen LogP contribution in [0.4, 0.5) is 48.3 Å². The molecule has 0 aliphatic heterocycles. The lowest BCUT2D eigenvalue weighted by Crippen LogP contribution is -2.57. The highest BCUT2D eigenvalue weighted by Crippen LogP contribution is 2.49. The topological polar surface area (TPSA) is 9.23 Å². The van der Waals surface area contributed by atoms with Crippen LogP contribution < -0.4 is 0 Å². The SMILES string of the molecule is C[S+](C)c1ccccc1.FC(OCC(F)(F)F)C(F)(F)C(F)(F)C(F)(F)F. The van der Waals surface area contributed by atoms with Gasteiger partial charge in [0, 0.05) is 10.9 Å². The first kappa shape index (κ1) is 25.8. The van der Waals surface area contributed by atoms with E-state index in [0.29, 0.717) is 10.9 Å². The van der Waals surface area contributed by atoms with Crippen molar-refractivity contribution in [2.45, 2.75) is 35.5 Å². The molecule has 1 aromatic rings. The maximum Gasteiger partial charge on any atom is 0.460 e. The zero-order valence-electron chi connectivity index (χ0n) is 13.6. The van der Waals surface area contributed by atoms with Crippen LogP contribution in [0.5, 0.6) is 0 Å². The van der Waals surface area contributed by atoms with E-state index in [4.69, 9.17) is 0 Å². The van der Waals surface area contributed by atoms with E-state index in [1.54, 1.807) is 0 Å². The minimum Gasteiger partial charge on any atom is -0.334 e. The van der Waals surface area contributed by atoms with Crippen LogP contribution in [0.3, 0.4) is 0 Å². The largest absolute Gasteiger partial charge is 0.460 e. The third kappa shape index (κ3) is 7.72. The van der Waals surface area contributed by atoms with E-state index in [-0.39, 0.29) is 0 Å². The fraction of sp³-hybridized carbons (Fsp3) is 0.571. The summed E-state index contributed by atoms with van der Waals surface area (Å²) in [6, 6.07) is 10.6. The molecule has 0 heterocycles. The highest BCUT2D eigenvalue weighted by Gasteiger charge is 2.76. The van der Waals surface area contributed by atoms with Gasteiger partial charge in [-0.05, 0) is 12.1 Å². The monoisotopic (exact) mass is 439 g/mol. The van der Waals surface area contributed by atoms with Crippen LogP contribution in [-0.2, 0) is 15.6 Å². The highest BCUT2D eigenvalue weighted by molar-refractivity contribution is 7.95. The minimum absolute atomic E-state index is 0.421. The summed E-state index contributed by atoms with van der Waals surface area (Å²) in [5.41, 5.74) is 0. The van der Waals surface area contributed by atoms with Gasteiger partial charge in [-0.1, -0.05) is 18.2 Å². The van der Waals surface area contributed by atoms with Crippen molar-refractivity contribution in [1.82, 2.24) is 0 Å². The summed E-state index contributed by atoms with van der Waals surface area (Å²) < 4.78 is 132. The fourth-order valence-corrected chi connectivity index (χ4v) is 2.00. The van der Waals surface area contributed by atoms with Gasteiger partial charge in [0.25, 0.3) is 6.36 Å². The van der Waals surface area contributed by atoms with Crippen LogP contribution in [0.25, 0.3) is 0 Å². The number of hydrogen-bond acceptors (Lipinski definition) is 1. The molecule has 0 fully saturated rings. The number of hydrogen-bond donors (Lipinski definition) is 0. The smallest absolute Gasteiger partial charge is 0.334 e. The highest BCUT2D eigenvalue weighted by atomic mass is 32.2. The molecule has 27 heavy (non-hydrogen) atoms. The Morgan fingerprint density at radius 2 is 1.30 bits per heavy atom. The second-order valence-corrected chi connectivity index (χ2v) is 7.17. The van der Waals surface area contributed by atoms with Crippen molar-refractivity contribution in [3.63, 3.8) is 0 Å². The second kappa shape index (κ2) is 9.30. The second-order valence-electron chi connectivity index (χ2n) is 5.07. The zero-order chi connectivity index (χ0) is 21.7. The first-order chi connectivity index (χ1) is 11.9. The van der Waals surface area contributed by atoms with Crippen LogP contribution in [0.15, 0.2) is 35.2 Å². The Morgan fingerprint density at radius 3 is 1.59 bits per heavy atom. The first-order valence-electron chi connectivity index (χ1n) is 6.71. The molecule has 1 aromatic carbocycles. The van der Waals surface area contributed by atoms with E-state index in [0.717, 1.165) is 0 Å². The predicted octanol–water partition coefficient (Wildman–Crippen LogP) is 5.62. The average Bonchev–Trinajstić information content (AvgIpc) is 2.52. The van der Waals surface area contributed by atoms with E-state index < -0.39 is 37.2 Å². The minimum atomic E-state index is -6.87. The van der Waals surface area contributed by atoms with Crippen molar-refractivity contribution in [1.29, 1.82) is 0 Å². The summed E-state index contributed by atoms with van der Waals surface area (Å²) in [7, 11) is 0.421. The molecular formula is C14H14F11OS+. The Balaban J connectivity index is 0.000000621. The van der Waals surface area contributed by atoms with Gasteiger partial charge in [-0.15, -0.1) is 0 Å². The molecule has 0 saturated heterocycles. The molecule has 0 bridgehead atoms. The van der Waals surface area contributed by atoms with Crippen LogP contribution in [-0.4, -0.2) is 49.7 Å². The van der Waals surface area contributed by atoms with Gasteiger partial charge >= 0.3 is 24.2 Å². The summed E-state index contributed by atoms with van der Waals surface area (Å²) in [6.07, 6.45) is -12.5. The van der Waals surface area contributed by atoms with Crippen molar-refractivity contribution < 1.29 is 53.0 Å². The number of ether oxygens (including phenoxy) is 1. The van der Waals surface area contributed by atoms with Gasteiger partial charge < -0.3 is 4.74 Å². The molecule has 0 aliphatic carbocycles. The molecule has 0 spiro atoms. The van der Waals surface area contributed by atoms with Crippen molar-refractivity contribution in [3.8, 4) is 0 Å². The summed E-state index contributed by atoms with van der Waals surface area (Å²) >= 11 is 0. The van der Waals surface area contributed by atoms with Crippen molar-refractivity contribution >= 4 is 10.9 Å². The summed E-state index contributed by atoms with van der Waals surface area (Å²) in [4.78, 5) is 1.44. The van der Waals surface area contributed by atoms with Gasteiger partial charge in [-0.3, -0.25) is 0 Å². The van der Waals surface area contributed by atoms with Gasteiger partial charge in [-0.2, -0.15) is 43.9 Å². The average molecular weight is 439 g/mol. The van der Waals surface area contributed by atoms with Crippen LogP contribution in [0, 0.1) is 0 Å². The molecule has 13 heteroatoms. The van der Waals surface area contributed by atoms with E-state index in [2.05, 4.69) is 47.6 Å². The van der Waals surface area contributed by atoms with Gasteiger partial charge in [-0.25, -0.2) is 4.39 Å². The Labute approximate surface area is 149 Å². The lowest BCUT2D eigenvalue weighted by atomic mass is 10.1. The zero-order valence-corrected chi connectivity index (χ0v) is 14.5. The number of halogens is 11. The molecule has 0 saturated carbocycles. The summed E-state index contributed by atoms with van der Waals surface area (Å²) in [6.45, 7) is -2.74. The molecule has 1 atom stereocenters. The van der Waals surface area contributed by atoms with Gasteiger partial charge in [0.2, 0.25) is 0 Å². The summed E-state index contributed by atoms with van der Waals surface area (Å²) in [5.74, 6) is -13.4. The molecule has 1 nitrogen and oxygen atoms in total. The van der Waals surface area contributed by atoms with Crippen LogP contribution >= 0.6 is 0 Å². The first-order valence-corrected chi connectivity index (χ1v) is 8.75. The molecule has 0 amide bonds. The summed E-state index contributed by atoms with van der Waals surface area (Å²) in [5, 5.41) is 0. The molecule has 0 aliphatic rings. The lowest BCUT2D eigenvalue weighted by Gasteiger charge is -2.30. The fourth-order valence-electron chi connectivity index (χ4n) is 1.30. The van der Waals surface area contributed by atoms with Crippen molar-refractivity contribution in [2.24, 2.45) is 0 Å². The molecule has 0 N–H and O–H groups in total. The number of benzene rings is 1. The lowest BCUT2D eigenvalue weighted by molar-refractivity contribution is -0.390. The molecule has 0 aromatic heterocycles. The van der Waals surface area contributed by atoms with Crippen LogP contribution in [0.2, 0.25) is 0 Å². The van der Waals surface area contributed by atoms with Gasteiger partial charge in [0.1, 0.15) is 19.1 Å². The molecule has 1 unspecified atom stereocenters. The molecular weight excluding hydrogens is 425 g/mol. The maximum atomic E-state index is 12.3. The standard InChI is InChI=1S/C8H11S.C6H3F11O/c1-9(2)8-6-4-3-5-7-8;7-2(18-1-3(8,9)10)4(11,12)5(13,14)6(15,16)17/h3-7H,1-2H3;2H,1H2/q+1;. The number of alkyl halides is 11. The van der Waals surface area contributed by atoms with Crippen LogP contribution in [0.1, 0.15) is 0 Å². The molecule has 158 valence electrons. The third-order valence-electron chi connectivity index (χ3n) is 2.67. The van der Waals surface area contributed by atoms with E-state index in [9.17, 15) is 48.3 Å². The van der Waals surface area contributed by atoms with E-state index >= 15 is 0 Å². The third-order valence-corrected chi connectivity index (χ3v) is 3.88. The Morgan fingerprint density at radius 1 is 0.852 bits per heavy atom. The van der Waals surface area contributed by atoms with Crippen molar-refractivity contribution in [3.05, 3.63) is 30.3 Å². The normalized spacial score (nSPS) is 14.6. The maximum absolute atomic E-state index is 12.3. The quantitative estimate of drug-likeness (QED) is 0.428. The van der Waals surface area contributed by atoms with Gasteiger partial charge in [0.05, 0.1) is 0 Å². The Hall–Kier alpha value is -1.24. The van der Waals surface area contributed by atoms with E-state index in [1.165, 1.54) is 4.90 Å². The van der Waals surface area contributed by atoms with E-state index in [1.807, 2.05) is 0 Å². The molecule has 1 rings (SSSR count). The van der Waals surface area contributed by atoms with Gasteiger partial charge in [0.15, 0.2) is 4.90 Å². The molecule has 0 radical (unpaired) electrons. The Kier molecular flexibility index (Phi) is 8.88. The predicted molar refractivity (Wildman–Crippen MR) is 76.8 cm³/mol. The van der Waals surface area contributed by atoms with Crippen molar-refractivity contribution in [2.75, 3.05) is 19.1 Å².